The number of carbonyl (C=O) groups excluding carboxylic acids is 2. The first kappa shape index (κ1) is 27.5. The van der Waals surface area contributed by atoms with Gasteiger partial charge >= 0.3 is 6.18 Å². The van der Waals surface area contributed by atoms with Gasteiger partial charge in [-0.05, 0) is 68.9 Å². The van der Waals surface area contributed by atoms with Crippen LogP contribution < -0.4 is 15.1 Å². The normalized spacial score (nSPS) is 15.1. The van der Waals surface area contributed by atoms with Crippen molar-refractivity contribution in [1.82, 2.24) is 10.3 Å². The van der Waals surface area contributed by atoms with Crippen molar-refractivity contribution in [3.8, 4) is 6.07 Å². The summed E-state index contributed by atoms with van der Waals surface area (Å²) in [6, 6.07) is 9.44. The fraction of sp³-hybridized carbons (Fsp3) is 0.240. The second-order valence-corrected chi connectivity index (χ2v) is 10.5. The van der Waals surface area contributed by atoms with Gasteiger partial charge in [0.05, 0.1) is 34.1 Å². The van der Waals surface area contributed by atoms with Crippen LogP contribution in [-0.2, 0) is 17.5 Å². The summed E-state index contributed by atoms with van der Waals surface area (Å²) in [5.74, 6) is -0.832. The number of hydrogen-bond donors (Lipinski definition) is 1. The van der Waals surface area contributed by atoms with Crippen molar-refractivity contribution in [2.24, 2.45) is 0 Å². The summed E-state index contributed by atoms with van der Waals surface area (Å²) in [4.78, 5) is 32.9. The summed E-state index contributed by atoms with van der Waals surface area (Å²) in [7, 11) is 0. The van der Waals surface area contributed by atoms with E-state index in [-0.39, 0.29) is 23.3 Å². The largest absolute Gasteiger partial charge is 0.417 e. The van der Waals surface area contributed by atoms with Crippen molar-refractivity contribution in [2.45, 2.75) is 39.0 Å². The van der Waals surface area contributed by atoms with E-state index < -0.39 is 28.7 Å². The van der Waals surface area contributed by atoms with Crippen LogP contribution >= 0.6 is 35.2 Å². The Morgan fingerprint density at radius 1 is 1.24 bits per heavy atom. The van der Waals surface area contributed by atoms with Gasteiger partial charge in [0.15, 0.2) is 5.11 Å². The highest BCUT2D eigenvalue weighted by atomic mass is 35.5. The third-order valence-corrected chi connectivity index (χ3v) is 7.69. The molecule has 0 spiro atoms. The fourth-order valence-electron chi connectivity index (χ4n) is 4.05. The SMILES string of the molecule is Cc1ncsc1C(=O)NCc1ccc(N2C(=S)N(c3ccc(C#N)c(C(F)(F)F)c3)C(=O)C2(C)C)cc1Cl. The van der Waals surface area contributed by atoms with E-state index >= 15 is 0 Å². The van der Waals surface area contributed by atoms with Crippen molar-refractivity contribution in [3.63, 3.8) is 0 Å². The maximum absolute atomic E-state index is 13.5. The Morgan fingerprint density at radius 2 is 1.92 bits per heavy atom. The number of carbonyl (C=O) groups is 2. The van der Waals surface area contributed by atoms with Crippen LogP contribution in [0.5, 0.6) is 0 Å². The molecule has 7 nitrogen and oxygen atoms in total. The topological polar surface area (TPSA) is 89.3 Å². The highest BCUT2D eigenvalue weighted by Gasteiger charge is 2.50. The molecule has 2 aromatic carbocycles. The van der Waals surface area contributed by atoms with Gasteiger partial charge in [0.1, 0.15) is 10.4 Å². The van der Waals surface area contributed by atoms with Crippen LogP contribution in [0.15, 0.2) is 41.9 Å². The first-order chi connectivity index (χ1) is 17.8. The van der Waals surface area contributed by atoms with Crippen LogP contribution in [0.4, 0.5) is 24.5 Å². The standard InChI is InChI=1S/C25H19ClF3N5O2S2/c1-13-20(38-12-32-13)21(35)31-11-15-5-7-17(9-19(15)26)34-23(37)33(22(36)24(34,2)3)16-6-4-14(10-30)18(8-16)25(27,28)29/h4-9,12H,11H2,1-3H3,(H,31,35). The minimum absolute atomic E-state index is 0.0457. The molecule has 1 saturated heterocycles. The molecule has 1 aliphatic rings. The molecule has 3 aromatic rings. The number of benzene rings is 2. The summed E-state index contributed by atoms with van der Waals surface area (Å²) in [5, 5.41) is 12.1. The second-order valence-electron chi connectivity index (χ2n) is 8.88. The summed E-state index contributed by atoms with van der Waals surface area (Å²) >= 11 is 13.3. The molecular weight excluding hydrogens is 559 g/mol. The maximum Gasteiger partial charge on any atom is 0.417 e. The maximum atomic E-state index is 13.5. The van der Waals surface area contributed by atoms with Crippen molar-refractivity contribution in [3.05, 3.63) is 74.2 Å². The molecule has 0 radical (unpaired) electrons. The molecule has 0 saturated carbocycles. The highest BCUT2D eigenvalue weighted by Crippen LogP contribution is 2.40. The summed E-state index contributed by atoms with van der Waals surface area (Å²) in [5.41, 5.74) is 0.175. The van der Waals surface area contributed by atoms with Gasteiger partial charge in [-0.2, -0.15) is 18.4 Å². The third-order valence-electron chi connectivity index (χ3n) is 6.04. The van der Waals surface area contributed by atoms with Gasteiger partial charge in [0.25, 0.3) is 11.8 Å². The molecule has 13 heteroatoms. The molecule has 1 fully saturated rings. The zero-order valence-electron chi connectivity index (χ0n) is 20.2. The first-order valence-corrected chi connectivity index (χ1v) is 12.7. The molecule has 0 bridgehead atoms. The molecule has 2 amide bonds. The van der Waals surface area contributed by atoms with Gasteiger partial charge in [-0.25, -0.2) is 4.98 Å². The minimum Gasteiger partial charge on any atom is -0.347 e. The molecule has 0 atom stereocenters. The number of aromatic nitrogens is 1. The van der Waals surface area contributed by atoms with Gasteiger partial charge in [-0.1, -0.05) is 17.7 Å². The number of hydrogen-bond acceptors (Lipinski definition) is 6. The summed E-state index contributed by atoms with van der Waals surface area (Å²) < 4.78 is 40.6. The number of amides is 2. The van der Waals surface area contributed by atoms with Gasteiger partial charge in [0.2, 0.25) is 0 Å². The summed E-state index contributed by atoms with van der Waals surface area (Å²) in [6.45, 7) is 5.06. The number of rotatable bonds is 5. The Morgan fingerprint density at radius 3 is 2.50 bits per heavy atom. The van der Waals surface area contributed by atoms with E-state index in [4.69, 9.17) is 29.1 Å². The Kier molecular flexibility index (Phi) is 7.22. The van der Waals surface area contributed by atoms with Crippen LogP contribution in [0.2, 0.25) is 5.02 Å². The molecule has 4 rings (SSSR count). The zero-order chi connectivity index (χ0) is 28.0. The number of thiocarbonyl (C=S) groups is 1. The van der Waals surface area contributed by atoms with E-state index in [2.05, 4.69) is 10.3 Å². The predicted octanol–water partition coefficient (Wildman–Crippen LogP) is 5.84. The monoisotopic (exact) mass is 577 g/mol. The average molecular weight is 578 g/mol. The number of nitrogens with one attached hydrogen (secondary N) is 1. The number of thiazole rings is 1. The smallest absolute Gasteiger partial charge is 0.347 e. The van der Waals surface area contributed by atoms with E-state index in [9.17, 15) is 22.8 Å². The van der Waals surface area contributed by atoms with E-state index in [0.29, 0.717) is 26.8 Å². The van der Waals surface area contributed by atoms with Crippen molar-refractivity contribution >= 4 is 63.5 Å². The van der Waals surface area contributed by atoms with E-state index in [1.54, 1.807) is 44.5 Å². The molecule has 0 aliphatic carbocycles. The number of halogens is 4. The molecule has 0 unspecified atom stereocenters. The molecule has 1 aromatic heterocycles. The zero-order valence-corrected chi connectivity index (χ0v) is 22.6. The van der Waals surface area contributed by atoms with Crippen LogP contribution in [0.3, 0.4) is 0 Å². The van der Waals surface area contributed by atoms with E-state index in [0.717, 1.165) is 17.0 Å². The van der Waals surface area contributed by atoms with Crippen LogP contribution in [-0.4, -0.2) is 27.4 Å². The quantitative estimate of drug-likeness (QED) is 0.383. The van der Waals surface area contributed by atoms with Crippen LogP contribution in [0.25, 0.3) is 0 Å². The average Bonchev–Trinajstić information content (AvgIpc) is 3.35. The molecular formula is C25H19ClF3N5O2S2. The molecule has 1 aliphatic heterocycles. The Bertz CT molecular complexity index is 1510. The van der Waals surface area contributed by atoms with Gasteiger partial charge in [-0.3, -0.25) is 14.5 Å². The minimum atomic E-state index is -4.79. The van der Waals surface area contributed by atoms with Gasteiger partial charge < -0.3 is 10.2 Å². The number of anilines is 2. The van der Waals surface area contributed by atoms with Gasteiger partial charge in [0, 0.05) is 17.3 Å². The van der Waals surface area contributed by atoms with E-state index in [1.165, 1.54) is 28.4 Å². The number of aryl methyl sites for hydroxylation is 1. The Labute approximate surface area is 230 Å². The van der Waals surface area contributed by atoms with E-state index in [1.807, 2.05) is 0 Å². The lowest BCUT2D eigenvalue weighted by Gasteiger charge is -2.29. The predicted molar refractivity (Wildman–Crippen MR) is 142 cm³/mol. The van der Waals surface area contributed by atoms with Crippen molar-refractivity contribution in [1.29, 1.82) is 5.26 Å². The molecule has 1 N–H and O–H groups in total. The lowest BCUT2D eigenvalue weighted by Crippen LogP contribution is -2.44. The van der Waals surface area contributed by atoms with Crippen LogP contribution in [0, 0.1) is 18.3 Å². The van der Waals surface area contributed by atoms with Crippen LogP contribution in [0.1, 0.15) is 45.9 Å². The molecule has 38 heavy (non-hydrogen) atoms. The Balaban J connectivity index is 1.62. The number of nitrogens with zero attached hydrogens (tertiary/aromatic N) is 4. The highest BCUT2D eigenvalue weighted by molar-refractivity contribution is 7.81. The number of alkyl halides is 3. The second kappa shape index (κ2) is 9.98. The first-order valence-electron chi connectivity index (χ1n) is 11.0. The molecule has 2 heterocycles. The Hall–Kier alpha value is -3.53. The summed E-state index contributed by atoms with van der Waals surface area (Å²) in [6.07, 6.45) is -4.79. The van der Waals surface area contributed by atoms with Crippen molar-refractivity contribution < 1.29 is 22.8 Å². The lowest BCUT2D eigenvalue weighted by molar-refractivity contribution is -0.137. The molecule has 196 valence electrons. The number of nitriles is 1. The third kappa shape index (κ3) is 4.84. The van der Waals surface area contributed by atoms with Crippen molar-refractivity contribution in [2.75, 3.05) is 9.80 Å². The van der Waals surface area contributed by atoms with Gasteiger partial charge in [-0.15, -0.1) is 11.3 Å². The lowest BCUT2D eigenvalue weighted by atomic mass is 10.0. The fourth-order valence-corrected chi connectivity index (χ4v) is 5.54.